The van der Waals surface area contributed by atoms with Crippen LogP contribution in [-0.2, 0) is 6.42 Å². The first kappa shape index (κ1) is 14.5. The standard InChI is InChI=1S/C16H23BrN2O/c17-14-9-13(11-18-12-14)10-15(20)16(5-1-2-6-16)19-7-3-4-8-19/h9,11-12,15,20H,1-8,10H2. The Bertz CT molecular complexity index is 454. The summed E-state index contributed by atoms with van der Waals surface area (Å²) in [5.74, 6) is 0. The molecule has 3 rings (SSSR count). The van der Waals surface area contributed by atoms with Gasteiger partial charge in [-0.25, -0.2) is 0 Å². The third-order valence-corrected chi connectivity index (χ3v) is 5.45. The molecule has 1 aliphatic heterocycles. The van der Waals surface area contributed by atoms with Gasteiger partial charge in [0.1, 0.15) is 0 Å². The zero-order valence-corrected chi connectivity index (χ0v) is 13.5. The molecule has 1 N–H and O–H groups in total. The Morgan fingerprint density at radius 3 is 2.55 bits per heavy atom. The van der Waals surface area contributed by atoms with E-state index >= 15 is 0 Å². The van der Waals surface area contributed by atoms with E-state index in [-0.39, 0.29) is 11.6 Å². The SMILES string of the molecule is OC(Cc1cncc(Br)c1)C1(N2CCCC2)CCCC1. The summed E-state index contributed by atoms with van der Waals surface area (Å²) in [6.07, 6.45) is 11.5. The number of nitrogens with zero attached hydrogens (tertiary/aromatic N) is 2. The predicted octanol–water partition coefficient (Wildman–Crippen LogP) is 3.16. The Morgan fingerprint density at radius 1 is 1.20 bits per heavy atom. The second-order valence-electron chi connectivity index (χ2n) is 6.24. The summed E-state index contributed by atoms with van der Waals surface area (Å²) in [6, 6.07) is 2.07. The third kappa shape index (κ3) is 2.78. The average molecular weight is 339 g/mol. The molecule has 110 valence electrons. The van der Waals surface area contributed by atoms with E-state index in [2.05, 4.69) is 31.9 Å². The molecule has 0 amide bonds. The van der Waals surface area contributed by atoms with Gasteiger partial charge in [0, 0.05) is 28.8 Å². The summed E-state index contributed by atoms with van der Waals surface area (Å²) in [5, 5.41) is 10.9. The molecule has 1 aromatic rings. The van der Waals surface area contributed by atoms with Crippen LogP contribution in [0.2, 0.25) is 0 Å². The predicted molar refractivity (Wildman–Crippen MR) is 83.7 cm³/mol. The summed E-state index contributed by atoms with van der Waals surface area (Å²) in [6.45, 7) is 2.32. The molecular weight excluding hydrogens is 316 g/mol. The highest BCUT2D eigenvalue weighted by atomic mass is 79.9. The lowest BCUT2D eigenvalue weighted by atomic mass is 9.85. The van der Waals surface area contributed by atoms with Crippen molar-refractivity contribution in [1.82, 2.24) is 9.88 Å². The molecule has 4 heteroatoms. The van der Waals surface area contributed by atoms with Crippen molar-refractivity contribution in [3.8, 4) is 0 Å². The van der Waals surface area contributed by atoms with E-state index in [1.165, 1.54) is 25.7 Å². The van der Waals surface area contributed by atoms with Crippen molar-refractivity contribution < 1.29 is 5.11 Å². The third-order valence-electron chi connectivity index (χ3n) is 5.02. The minimum absolute atomic E-state index is 0.0266. The number of hydrogen-bond donors (Lipinski definition) is 1. The van der Waals surface area contributed by atoms with Crippen molar-refractivity contribution in [1.29, 1.82) is 0 Å². The number of pyridine rings is 1. The zero-order valence-electron chi connectivity index (χ0n) is 11.9. The van der Waals surface area contributed by atoms with E-state index < -0.39 is 0 Å². The largest absolute Gasteiger partial charge is 0.391 e. The first-order chi connectivity index (χ1) is 9.71. The van der Waals surface area contributed by atoms with Crippen LogP contribution in [0.5, 0.6) is 0 Å². The Balaban J connectivity index is 1.77. The maximum Gasteiger partial charge on any atom is 0.0764 e. The molecule has 2 aliphatic rings. The Kier molecular flexibility index (Phi) is 4.43. The van der Waals surface area contributed by atoms with Crippen LogP contribution in [0, 0.1) is 0 Å². The molecule has 1 aromatic heterocycles. The van der Waals surface area contributed by atoms with Crippen LogP contribution in [0.15, 0.2) is 22.9 Å². The van der Waals surface area contributed by atoms with Crippen LogP contribution in [0.1, 0.15) is 44.1 Å². The van der Waals surface area contributed by atoms with Crippen molar-refractivity contribution in [2.24, 2.45) is 0 Å². The van der Waals surface area contributed by atoms with E-state index in [4.69, 9.17) is 0 Å². The average Bonchev–Trinajstić information content (AvgIpc) is 3.11. The van der Waals surface area contributed by atoms with Crippen molar-refractivity contribution in [3.05, 3.63) is 28.5 Å². The lowest BCUT2D eigenvalue weighted by Gasteiger charge is -2.42. The van der Waals surface area contributed by atoms with E-state index in [0.29, 0.717) is 6.42 Å². The van der Waals surface area contributed by atoms with Gasteiger partial charge in [0.05, 0.1) is 6.10 Å². The van der Waals surface area contributed by atoms with Gasteiger partial charge in [0.2, 0.25) is 0 Å². The molecule has 0 spiro atoms. The maximum atomic E-state index is 10.9. The number of rotatable bonds is 4. The number of aromatic nitrogens is 1. The maximum absolute atomic E-state index is 10.9. The van der Waals surface area contributed by atoms with Crippen LogP contribution < -0.4 is 0 Å². The minimum Gasteiger partial charge on any atom is -0.391 e. The van der Waals surface area contributed by atoms with Crippen LogP contribution in [0.4, 0.5) is 0 Å². The van der Waals surface area contributed by atoms with E-state index in [1.54, 1.807) is 6.20 Å². The fraction of sp³-hybridized carbons (Fsp3) is 0.688. The quantitative estimate of drug-likeness (QED) is 0.915. The van der Waals surface area contributed by atoms with Crippen molar-refractivity contribution in [3.63, 3.8) is 0 Å². The molecule has 1 aliphatic carbocycles. The van der Waals surface area contributed by atoms with Crippen LogP contribution >= 0.6 is 15.9 Å². The van der Waals surface area contributed by atoms with Crippen molar-refractivity contribution >= 4 is 15.9 Å². The van der Waals surface area contributed by atoms with Gasteiger partial charge in [-0.1, -0.05) is 12.8 Å². The van der Waals surface area contributed by atoms with Gasteiger partial charge in [-0.15, -0.1) is 0 Å². The second kappa shape index (κ2) is 6.12. The smallest absolute Gasteiger partial charge is 0.0764 e. The Labute approximate surface area is 129 Å². The highest BCUT2D eigenvalue weighted by molar-refractivity contribution is 9.10. The number of aliphatic hydroxyl groups is 1. The van der Waals surface area contributed by atoms with Gasteiger partial charge in [-0.05, 0) is 66.3 Å². The van der Waals surface area contributed by atoms with Gasteiger partial charge in [0.15, 0.2) is 0 Å². The number of aliphatic hydroxyl groups excluding tert-OH is 1. The first-order valence-corrected chi connectivity index (χ1v) is 8.52. The molecule has 0 radical (unpaired) electrons. The molecule has 2 fully saturated rings. The monoisotopic (exact) mass is 338 g/mol. The topological polar surface area (TPSA) is 36.4 Å². The molecule has 1 atom stereocenters. The van der Waals surface area contributed by atoms with E-state index in [0.717, 1.165) is 36.0 Å². The Morgan fingerprint density at radius 2 is 1.90 bits per heavy atom. The molecule has 1 saturated carbocycles. The van der Waals surface area contributed by atoms with Crippen LogP contribution in [0.3, 0.4) is 0 Å². The van der Waals surface area contributed by atoms with Gasteiger partial charge < -0.3 is 5.11 Å². The molecule has 0 aromatic carbocycles. The fourth-order valence-corrected chi connectivity index (χ4v) is 4.40. The van der Waals surface area contributed by atoms with Crippen molar-refractivity contribution in [2.45, 2.75) is 56.6 Å². The van der Waals surface area contributed by atoms with Gasteiger partial charge in [-0.2, -0.15) is 0 Å². The molecule has 1 unspecified atom stereocenters. The lowest BCUT2D eigenvalue weighted by molar-refractivity contribution is -0.0172. The minimum atomic E-state index is -0.279. The molecule has 2 heterocycles. The highest BCUT2D eigenvalue weighted by Crippen LogP contribution is 2.41. The normalized spacial score (nSPS) is 24.1. The molecule has 1 saturated heterocycles. The summed E-state index contributed by atoms with van der Waals surface area (Å²) in [4.78, 5) is 6.78. The van der Waals surface area contributed by atoms with Crippen molar-refractivity contribution in [2.75, 3.05) is 13.1 Å². The lowest BCUT2D eigenvalue weighted by Crippen LogP contribution is -2.54. The molecule has 20 heavy (non-hydrogen) atoms. The van der Waals surface area contributed by atoms with Gasteiger partial charge >= 0.3 is 0 Å². The summed E-state index contributed by atoms with van der Waals surface area (Å²) in [7, 11) is 0. The first-order valence-electron chi connectivity index (χ1n) is 7.73. The van der Waals surface area contributed by atoms with Crippen LogP contribution in [0.25, 0.3) is 0 Å². The second-order valence-corrected chi connectivity index (χ2v) is 7.15. The number of halogens is 1. The summed E-state index contributed by atoms with van der Waals surface area (Å²) >= 11 is 3.46. The number of likely N-dealkylation sites (tertiary alicyclic amines) is 1. The fourth-order valence-electron chi connectivity index (χ4n) is 3.99. The number of hydrogen-bond acceptors (Lipinski definition) is 3. The molecule has 3 nitrogen and oxygen atoms in total. The van der Waals surface area contributed by atoms with Gasteiger partial charge in [0.25, 0.3) is 0 Å². The molecule has 0 bridgehead atoms. The van der Waals surface area contributed by atoms with Crippen LogP contribution in [-0.4, -0.2) is 39.7 Å². The van der Waals surface area contributed by atoms with Gasteiger partial charge in [-0.3, -0.25) is 9.88 Å². The Hall–Kier alpha value is -0.450. The van der Waals surface area contributed by atoms with E-state index in [9.17, 15) is 5.11 Å². The summed E-state index contributed by atoms with van der Waals surface area (Å²) < 4.78 is 0.990. The molecular formula is C16H23BrN2O. The highest BCUT2D eigenvalue weighted by Gasteiger charge is 2.45. The van der Waals surface area contributed by atoms with E-state index in [1.807, 2.05) is 6.20 Å². The zero-order chi connectivity index (χ0) is 14.0. The summed E-state index contributed by atoms with van der Waals surface area (Å²) in [5.41, 5.74) is 1.15.